The molecule has 1 amide bonds. The summed E-state index contributed by atoms with van der Waals surface area (Å²) in [5.74, 6) is -0.555. The van der Waals surface area contributed by atoms with Crippen LogP contribution < -0.4 is 11.5 Å². The molecule has 0 radical (unpaired) electrons. The Balaban J connectivity index is 2.81. The number of anilines is 1. The molecule has 1 heterocycles. The van der Waals surface area contributed by atoms with E-state index in [1.165, 1.54) is 6.20 Å². The molecule has 4 N–H and O–H groups in total. The van der Waals surface area contributed by atoms with Gasteiger partial charge in [-0.05, 0) is 6.07 Å². The zero-order valence-corrected chi connectivity index (χ0v) is 7.40. The lowest BCUT2D eigenvalue weighted by molar-refractivity contribution is 0.100. The molecule has 0 spiro atoms. The predicted octanol–water partition coefficient (Wildman–Crippen LogP) is 0.916. The quantitative estimate of drug-likeness (QED) is 0.696. The van der Waals surface area contributed by atoms with Crippen molar-refractivity contribution >= 4 is 22.5 Å². The summed E-state index contributed by atoms with van der Waals surface area (Å²) in [6.07, 6.45) is 1.40. The Morgan fingerprint density at radius 3 is 2.71 bits per heavy atom. The van der Waals surface area contributed by atoms with Crippen LogP contribution in [0.2, 0.25) is 0 Å². The molecule has 0 bridgehead atoms. The number of carbonyl (C=O) groups is 1. The standard InChI is InChI=1S/C10H9N3O/c11-9-6-3-1-2-4-8(6)13-5-7(9)10(12)14/h1-5H,(H2,11,13)(H2,12,14). The second kappa shape index (κ2) is 2.99. The van der Waals surface area contributed by atoms with Crippen LogP contribution in [0.4, 0.5) is 5.69 Å². The maximum absolute atomic E-state index is 11.0. The summed E-state index contributed by atoms with van der Waals surface area (Å²) >= 11 is 0. The van der Waals surface area contributed by atoms with Gasteiger partial charge in [0, 0.05) is 11.6 Å². The van der Waals surface area contributed by atoms with Gasteiger partial charge in [0.15, 0.2) is 0 Å². The Bertz CT molecular complexity index is 508. The summed E-state index contributed by atoms with van der Waals surface area (Å²) in [4.78, 5) is 15.1. The fourth-order valence-electron chi connectivity index (χ4n) is 1.36. The largest absolute Gasteiger partial charge is 0.397 e. The first-order valence-electron chi connectivity index (χ1n) is 4.13. The smallest absolute Gasteiger partial charge is 0.252 e. The van der Waals surface area contributed by atoms with Gasteiger partial charge in [0.2, 0.25) is 0 Å². The molecule has 1 aromatic heterocycles. The first-order chi connectivity index (χ1) is 6.70. The van der Waals surface area contributed by atoms with Crippen molar-refractivity contribution in [1.82, 2.24) is 4.98 Å². The number of aromatic nitrogens is 1. The highest BCUT2D eigenvalue weighted by Crippen LogP contribution is 2.21. The SMILES string of the molecule is NC(=O)c1cnc2ccccc2c1N. The Morgan fingerprint density at radius 1 is 1.29 bits per heavy atom. The van der Waals surface area contributed by atoms with Crippen LogP contribution in [-0.2, 0) is 0 Å². The Hall–Kier alpha value is -2.10. The third-order valence-electron chi connectivity index (χ3n) is 2.08. The number of hydrogen-bond acceptors (Lipinski definition) is 3. The lowest BCUT2D eigenvalue weighted by atomic mass is 10.1. The lowest BCUT2D eigenvalue weighted by Crippen LogP contribution is -2.14. The van der Waals surface area contributed by atoms with Gasteiger partial charge >= 0.3 is 0 Å². The van der Waals surface area contributed by atoms with Crippen LogP contribution in [-0.4, -0.2) is 10.9 Å². The van der Waals surface area contributed by atoms with Crippen molar-refractivity contribution in [3.8, 4) is 0 Å². The van der Waals surface area contributed by atoms with Crippen LogP contribution in [0.3, 0.4) is 0 Å². The number of pyridine rings is 1. The number of fused-ring (bicyclic) bond motifs is 1. The number of hydrogen-bond donors (Lipinski definition) is 2. The number of nitrogens with two attached hydrogens (primary N) is 2. The molecule has 0 unspecified atom stereocenters. The average Bonchev–Trinajstić information content (AvgIpc) is 2.18. The highest BCUT2D eigenvalue weighted by Gasteiger charge is 2.08. The monoisotopic (exact) mass is 187 g/mol. The number of nitrogens with zero attached hydrogens (tertiary/aromatic N) is 1. The van der Waals surface area contributed by atoms with Gasteiger partial charge < -0.3 is 11.5 Å². The maximum atomic E-state index is 11.0. The second-order valence-corrected chi connectivity index (χ2v) is 2.97. The third-order valence-corrected chi connectivity index (χ3v) is 2.08. The summed E-state index contributed by atoms with van der Waals surface area (Å²) in [7, 11) is 0. The van der Waals surface area contributed by atoms with E-state index >= 15 is 0 Å². The van der Waals surface area contributed by atoms with E-state index in [2.05, 4.69) is 4.98 Å². The number of nitrogen functional groups attached to an aromatic ring is 1. The van der Waals surface area contributed by atoms with Gasteiger partial charge in [-0.25, -0.2) is 0 Å². The molecule has 4 heteroatoms. The molecule has 4 nitrogen and oxygen atoms in total. The number of rotatable bonds is 1. The van der Waals surface area contributed by atoms with Gasteiger partial charge in [-0.15, -0.1) is 0 Å². The molecule has 2 aromatic rings. The van der Waals surface area contributed by atoms with E-state index in [4.69, 9.17) is 11.5 Å². The first-order valence-corrected chi connectivity index (χ1v) is 4.13. The molecule has 0 saturated carbocycles. The molecular weight excluding hydrogens is 178 g/mol. The van der Waals surface area contributed by atoms with Crippen LogP contribution >= 0.6 is 0 Å². The van der Waals surface area contributed by atoms with E-state index in [0.29, 0.717) is 5.69 Å². The van der Waals surface area contributed by atoms with Crippen molar-refractivity contribution in [2.75, 3.05) is 5.73 Å². The van der Waals surface area contributed by atoms with Crippen molar-refractivity contribution in [3.05, 3.63) is 36.0 Å². The highest BCUT2D eigenvalue weighted by molar-refractivity contribution is 6.05. The zero-order valence-electron chi connectivity index (χ0n) is 7.40. The van der Waals surface area contributed by atoms with Gasteiger partial charge in [0.1, 0.15) is 0 Å². The molecule has 0 saturated heterocycles. The fourth-order valence-corrected chi connectivity index (χ4v) is 1.36. The van der Waals surface area contributed by atoms with E-state index < -0.39 is 5.91 Å². The average molecular weight is 187 g/mol. The number of carbonyl (C=O) groups excluding carboxylic acids is 1. The van der Waals surface area contributed by atoms with Crippen molar-refractivity contribution in [2.45, 2.75) is 0 Å². The zero-order chi connectivity index (χ0) is 10.1. The van der Waals surface area contributed by atoms with Crippen molar-refractivity contribution in [1.29, 1.82) is 0 Å². The van der Waals surface area contributed by atoms with Gasteiger partial charge in [0.25, 0.3) is 5.91 Å². The minimum absolute atomic E-state index is 0.267. The van der Waals surface area contributed by atoms with Crippen molar-refractivity contribution < 1.29 is 4.79 Å². The summed E-state index contributed by atoms with van der Waals surface area (Å²) in [6.45, 7) is 0. The van der Waals surface area contributed by atoms with Gasteiger partial charge in [-0.2, -0.15) is 0 Å². The minimum Gasteiger partial charge on any atom is -0.397 e. The van der Waals surface area contributed by atoms with E-state index in [1.54, 1.807) is 0 Å². The van der Waals surface area contributed by atoms with E-state index in [9.17, 15) is 4.79 Å². The van der Waals surface area contributed by atoms with Crippen LogP contribution in [0.25, 0.3) is 10.9 Å². The summed E-state index contributed by atoms with van der Waals surface area (Å²) in [5, 5.41) is 0.754. The number of primary amides is 1. The predicted molar refractivity (Wildman–Crippen MR) is 54.7 cm³/mol. The van der Waals surface area contributed by atoms with Gasteiger partial charge in [0.05, 0.1) is 16.8 Å². The first kappa shape index (κ1) is 8.50. The maximum Gasteiger partial charge on any atom is 0.252 e. The van der Waals surface area contributed by atoms with E-state index in [0.717, 1.165) is 10.9 Å². The fraction of sp³-hybridized carbons (Fsp3) is 0. The van der Waals surface area contributed by atoms with Crippen LogP contribution in [0.5, 0.6) is 0 Å². The molecule has 0 aliphatic carbocycles. The lowest BCUT2D eigenvalue weighted by Gasteiger charge is -2.04. The molecule has 2 rings (SSSR count). The molecule has 14 heavy (non-hydrogen) atoms. The van der Waals surface area contributed by atoms with Gasteiger partial charge in [-0.3, -0.25) is 9.78 Å². The van der Waals surface area contributed by atoms with Crippen molar-refractivity contribution in [2.24, 2.45) is 5.73 Å². The topological polar surface area (TPSA) is 82.0 Å². The second-order valence-electron chi connectivity index (χ2n) is 2.97. The van der Waals surface area contributed by atoms with Crippen LogP contribution in [0.1, 0.15) is 10.4 Å². The summed E-state index contributed by atoms with van der Waals surface area (Å²) in [5.41, 5.74) is 12.3. The number of benzene rings is 1. The number of amides is 1. The Labute approximate surface area is 80.5 Å². The Kier molecular flexibility index (Phi) is 1.81. The summed E-state index contributed by atoms with van der Waals surface area (Å²) in [6, 6.07) is 7.34. The Morgan fingerprint density at radius 2 is 2.00 bits per heavy atom. The molecule has 0 fully saturated rings. The summed E-state index contributed by atoms with van der Waals surface area (Å²) < 4.78 is 0. The minimum atomic E-state index is -0.555. The van der Waals surface area contributed by atoms with Crippen LogP contribution in [0, 0.1) is 0 Å². The van der Waals surface area contributed by atoms with Crippen LogP contribution in [0.15, 0.2) is 30.5 Å². The molecule has 1 aromatic carbocycles. The molecule has 0 aliphatic heterocycles. The third kappa shape index (κ3) is 1.17. The molecular formula is C10H9N3O. The van der Waals surface area contributed by atoms with Gasteiger partial charge in [-0.1, -0.05) is 18.2 Å². The van der Waals surface area contributed by atoms with E-state index in [-0.39, 0.29) is 5.56 Å². The van der Waals surface area contributed by atoms with E-state index in [1.807, 2.05) is 24.3 Å². The van der Waals surface area contributed by atoms with Crippen molar-refractivity contribution in [3.63, 3.8) is 0 Å². The molecule has 0 atom stereocenters. The number of para-hydroxylation sites is 1. The highest BCUT2D eigenvalue weighted by atomic mass is 16.1. The molecule has 70 valence electrons. The molecule has 0 aliphatic rings. The normalized spacial score (nSPS) is 10.3.